The lowest BCUT2D eigenvalue weighted by Gasteiger charge is -2.40. The van der Waals surface area contributed by atoms with Crippen molar-refractivity contribution in [2.75, 3.05) is 11.9 Å². The zero-order chi connectivity index (χ0) is 32.6. The molecule has 7 nitrogen and oxygen atoms in total. The average molecular weight is 642 g/mol. The molecule has 0 bridgehead atoms. The number of halogens is 6. The molecular formula is C33H29F6N5O2. The van der Waals surface area contributed by atoms with E-state index in [9.17, 15) is 31.1 Å². The summed E-state index contributed by atoms with van der Waals surface area (Å²) in [6, 6.07) is 17.1. The van der Waals surface area contributed by atoms with Gasteiger partial charge in [0, 0.05) is 31.1 Å². The van der Waals surface area contributed by atoms with E-state index in [0.29, 0.717) is 55.5 Å². The number of likely N-dealkylation sites (tertiary alicyclic amines) is 1. The van der Waals surface area contributed by atoms with Gasteiger partial charge in [-0.2, -0.15) is 26.3 Å². The summed E-state index contributed by atoms with van der Waals surface area (Å²) in [7, 11) is 0. The number of hydrogen-bond acceptors (Lipinski definition) is 5. The van der Waals surface area contributed by atoms with Crippen molar-refractivity contribution in [1.29, 1.82) is 0 Å². The normalized spacial score (nSPS) is 17.4. The molecular weight excluding hydrogens is 612 g/mol. The Morgan fingerprint density at radius 2 is 1.61 bits per heavy atom. The van der Waals surface area contributed by atoms with Crippen LogP contribution < -0.4 is 5.32 Å². The quantitative estimate of drug-likeness (QED) is 0.184. The Balaban J connectivity index is 1.31. The zero-order valence-corrected chi connectivity index (χ0v) is 24.6. The summed E-state index contributed by atoms with van der Waals surface area (Å²) in [4.78, 5) is 24.3. The molecule has 1 fully saturated rings. The Hall–Kier alpha value is -4.81. The summed E-state index contributed by atoms with van der Waals surface area (Å²) < 4.78 is 88.9. The molecule has 1 amide bonds. The van der Waals surface area contributed by atoms with E-state index in [0.717, 1.165) is 16.6 Å². The van der Waals surface area contributed by atoms with E-state index in [-0.39, 0.29) is 18.7 Å². The molecule has 1 aliphatic rings. The third kappa shape index (κ3) is 6.73. The highest BCUT2D eigenvalue weighted by Crippen LogP contribution is 2.37. The molecule has 1 aliphatic heterocycles. The lowest BCUT2D eigenvalue weighted by atomic mass is 9.91. The van der Waals surface area contributed by atoms with Crippen LogP contribution in [0.5, 0.6) is 0 Å². The number of benzene rings is 3. The second-order valence-electron chi connectivity index (χ2n) is 11.4. The van der Waals surface area contributed by atoms with E-state index in [4.69, 9.17) is 9.40 Å². The third-order valence-corrected chi connectivity index (χ3v) is 8.10. The Morgan fingerprint density at radius 1 is 0.935 bits per heavy atom. The maximum Gasteiger partial charge on any atom is 0.416 e. The predicted octanol–water partition coefficient (Wildman–Crippen LogP) is 7.75. The van der Waals surface area contributed by atoms with Gasteiger partial charge in [-0.1, -0.05) is 42.5 Å². The van der Waals surface area contributed by atoms with Gasteiger partial charge < -0.3 is 19.2 Å². The van der Waals surface area contributed by atoms with Gasteiger partial charge in [-0.15, -0.1) is 0 Å². The van der Waals surface area contributed by atoms with Gasteiger partial charge in [0.1, 0.15) is 6.26 Å². The van der Waals surface area contributed by atoms with Crippen LogP contribution in [-0.4, -0.2) is 44.0 Å². The number of imidazole rings is 1. The number of nitrogens with zero attached hydrogens (tertiary/aromatic N) is 4. The Bertz CT molecular complexity index is 1810. The molecule has 0 radical (unpaired) electrons. The maximum absolute atomic E-state index is 13.7. The molecule has 0 aliphatic carbocycles. The Morgan fingerprint density at radius 3 is 2.26 bits per heavy atom. The van der Waals surface area contributed by atoms with Gasteiger partial charge in [-0.25, -0.2) is 9.97 Å². The first kappa shape index (κ1) is 31.2. The minimum atomic E-state index is -5.06. The molecule has 2 atom stereocenters. The van der Waals surface area contributed by atoms with E-state index in [1.54, 1.807) is 13.2 Å². The van der Waals surface area contributed by atoms with Crippen LogP contribution in [-0.2, 0) is 25.3 Å². The summed E-state index contributed by atoms with van der Waals surface area (Å²) in [6.45, 7) is 2.23. The standard InChI is InChI=1S/C33H29F6N5O2/c1-20-40-26(19-46-20)18-44-29-10-6-5-9-28(29)42-31(44)41-25-11-12-43(27(17-25)13-21-7-3-2-4-8-21)30(45)22-14-23(32(34,35)36)16-24(15-22)33(37,38)39/h2-10,14-16,19,25,27H,11-13,17-18H2,1H3,(H,41,42). The molecule has 2 aromatic heterocycles. The number of amides is 1. The molecule has 0 saturated carbocycles. The van der Waals surface area contributed by atoms with Crippen molar-refractivity contribution >= 4 is 22.9 Å². The summed E-state index contributed by atoms with van der Waals surface area (Å²) >= 11 is 0. The number of oxazole rings is 1. The van der Waals surface area contributed by atoms with Gasteiger partial charge in [-0.05, 0) is 55.2 Å². The number of rotatable bonds is 7. The average Bonchev–Trinajstić information content (AvgIpc) is 3.59. The van der Waals surface area contributed by atoms with Crippen LogP contribution in [0.3, 0.4) is 0 Å². The van der Waals surface area contributed by atoms with Crippen molar-refractivity contribution in [3.8, 4) is 0 Å². The number of carbonyl (C=O) groups is 1. The fraction of sp³-hybridized carbons (Fsp3) is 0.303. The summed E-state index contributed by atoms with van der Waals surface area (Å²) in [6.07, 6.45) is -7.44. The fourth-order valence-electron chi connectivity index (χ4n) is 5.94. The molecule has 1 saturated heterocycles. The molecule has 3 heterocycles. The van der Waals surface area contributed by atoms with Gasteiger partial charge in [0.15, 0.2) is 5.89 Å². The number of hydrogen-bond donors (Lipinski definition) is 1. The number of alkyl halides is 6. The molecule has 2 unspecified atom stereocenters. The van der Waals surface area contributed by atoms with E-state index >= 15 is 0 Å². The maximum atomic E-state index is 13.7. The Labute approximate surface area is 259 Å². The first-order valence-corrected chi connectivity index (χ1v) is 14.6. The summed E-state index contributed by atoms with van der Waals surface area (Å²) in [5.74, 6) is 0.209. The predicted molar refractivity (Wildman–Crippen MR) is 158 cm³/mol. The number of carbonyl (C=O) groups excluding carboxylic acids is 1. The van der Waals surface area contributed by atoms with Crippen molar-refractivity contribution in [1.82, 2.24) is 19.4 Å². The smallest absolute Gasteiger partial charge is 0.416 e. The number of para-hydroxylation sites is 2. The van der Waals surface area contributed by atoms with Crippen molar-refractivity contribution < 1.29 is 35.6 Å². The summed E-state index contributed by atoms with van der Waals surface area (Å²) in [5.41, 5.74) is -0.514. The van der Waals surface area contributed by atoms with E-state index in [2.05, 4.69) is 10.3 Å². The Kier molecular flexibility index (Phi) is 8.26. The highest BCUT2D eigenvalue weighted by molar-refractivity contribution is 5.95. The number of piperidine rings is 1. The SMILES string of the molecule is Cc1nc(Cn2c(NC3CCN(C(=O)c4cc(C(F)(F)F)cc(C(F)(F)F)c4)C(Cc4ccccc4)C3)nc3ccccc32)co1. The highest BCUT2D eigenvalue weighted by Gasteiger charge is 2.39. The first-order valence-electron chi connectivity index (χ1n) is 14.6. The molecule has 0 spiro atoms. The van der Waals surface area contributed by atoms with Crippen LogP contribution >= 0.6 is 0 Å². The summed E-state index contributed by atoms with van der Waals surface area (Å²) in [5, 5.41) is 3.50. The lowest BCUT2D eigenvalue weighted by Crippen LogP contribution is -2.50. The van der Waals surface area contributed by atoms with Crippen LogP contribution in [0.4, 0.5) is 32.3 Å². The van der Waals surface area contributed by atoms with Crippen molar-refractivity contribution in [3.63, 3.8) is 0 Å². The molecule has 1 N–H and O–H groups in total. The molecule has 240 valence electrons. The first-order chi connectivity index (χ1) is 21.8. The van der Waals surface area contributed by atoms with Crippen molar-refractivity contribution in [2.24, 2.45) is 0 Å². The van der Waals surface area contributed by atoms with Crippen molar-refractivity contribution in [3.05, 3.63) is 113 Å². The van der Waals surface area contributed by atoms with Gasteiger partial charge in [0.2, 0.25) is 5.95 Å². The molecule has 3 aromatic carbocycles. The minimum absolute atomic E-state index is 0.0286. The third-order valence-electron chi connectivity index (χ3n) is 8.10. The van der Waals surface area contributed by atoms with Gasteiger partial charge in [0.05, 0.1) is 34.4 Å². The number of aromatic nitrogens is 3. The van der Waals surface area contributed by atoms with Crippen LogP contribution in [0.25, 0.3) is 11.0 Å². The van der Waals surface area contributed by atoms with Crippen molar-refractivity contribution in [2.45, 2.75) is 57.2 Å². The van der Waals surface area contributed by atoms with Gasteiger partial charge in [-0.3, -0.25) is 4.79 Å². The van der Waals surface area contributed by atoms with E-state index in [1.165, 1.54) is 4.90 Å². The number of anilines is 1. The van der Waals surface area contributed by atoms with Gasteiger partial charge in [0.25, 0.3) is 5.91 Å². The van der Waals surface area contributed by atoms with E-state index < -0.39 is 41.0 Å². The fourth-order valence-corrected chi connectivity index (χ4v) is 5.94. The molecule has 6 rings (SSSR count). The van der Waals surface area contributed by atoms with Crippen LogP contribution in [0.15, 0.2) is 83.5 Å². The van der Waals surface area contributed by atoms with Gasteiger partial charge >= 0.3 is 12.4 Å². The number of fused-ring (bicyclic) bond motifs is 1. The topological polar surface area (TPSA) is 76.2 Å². The minimum Gasteiger partial charge on any atom is -0.449 e. The van der Waals surface area contributed by atoms with Crippen LogP contribution in [0, 0.1) is 6.92 Å². The molecule has 5 aromatic rings. The number of nitrogens with one attached hydrogen (secondary N) is 1. The van der Waals surface area contributed by atoms with E-state index in [1.807, 2.05) is 59.2 Å². The second-order valence-corrected chi connectivity index (χ2v) is 11.4. The molecule has 13 heteroatoms. The number of aryl methyl sites for hydroxylation is 1. The van der Waals surface area contributed by atoms with Crippen LogP contribution in [0.1, 0.15) is 51.5 Å². The largest absolute Gasteiger partial charge is 0.449 e. The zero-order valence-electron chi connectivity index (χ0n) is 24.6. The molecule has 46 heavy (non-hydrogen) atoms. The monoisotopic (exact) mass is 641 g/mol. The second kappa shape index (κ2) is 12.2. The van der Waals surface area contributed by atoms with Crippen LogP contribution in [0.2, 0.25) is 0 Å². The highest BCUT2D eigenvalue weighted by atomic mass is 19.4. The lowest BCUT2D eigenvalue weighted by molar-refractivity contribution is -0.143.